The number of hydrogen-bond acceptors (Lipinski definition) is 7. The number of aromatic carboxylic acids is 1. The molecule has 0 aliphatic carbocycles. The standard InChI is InChI=1S/C8H8O8S.2Na/c1-15-7-5(9)2-4(8(10)11)3-6(7)16-17(12,13)14;;/h2-3,9H,1H3,(H,10,11)(H,12,13,14);;/q;2*+1/p-2. The molecule has 0 amide bonds. The Bertz CT molecular complexity index is 556. The van der Waals surface area contributed by atoms with Crippen LogP contribution in [-0.2, 0) is 10.4 Å². The zero-order valence-corrected chi connectivity index (χ0v) is 15.2. The SMILES string of the molecule is COc1c([O-])cc(C(=O)O)cc1OS(=O)(=O)[O-].[Na+].[Na+]. The Morgan fingerprint density at radius 2 is 1.84 bits per heavy atom. The summed E-state index contributed by atoms with van der Waals surface area (Å²) in [6.45, 7) is 0. The van der Waals surface area contributed by atoms with Crippen LogP contribution < -0.4 is 73.1 Å². The fraction of sp³-hybridized carbons (Fsp3) is 0.125. The summed E-state index contributed by atoms with van der Waals surface area (Å²) in [6.07, 6.45) is 0. The van der Waals surface area contributed by atoms with Crippen LogP contribution in [0.1, 0.15) is 10.4 Å². The van der Waals surface area contributed by atoms with E-state index in [9.17, 15) is 22.9 Å². The summed E-state index contributed by atoms with van der Waals surface area (Å²) in [4.78, 5) is 10.6. The van der Waals surface area contributed by atoms with Gasteiger partial charge in [0, 0.05) is 6.07 Å². The van der Waals surface area contributed by atoms with E-state index < -0.39 is 39.2 Å². The predicted octanol–water partition coefficient (Wildman–Crippen LogP) is -6.69. The van der Waals surface area contributed by atoms with Gasteiger partial charge in [-0.25, -0.2) is 13.2 Å². The number of ether oxygens (including phenoxy) is 1. The van der Waals surface area contributed by atoms with E-state index in [4.69, 9.17) is 5.11 Å². The molecule has 1 N–H and O–H groups in total. The second kappa shape index (κ2) is 8.32. The van der Waals surface area contributed by atoms with E-state index in [1.54, 1.807) is 0 Å². The Balaban J connectivity index is 0. The van der Waals surface area contributed by atoms with Crippen LogP contribution in [0.25, 0.3) is 0 Å². The Kier molecular flexibility index (Phi) is 9.33. The maximum atomic E-state index is 11.3. The van der Waals surface area contributed by atoms with Crippen molar-refractivity contribution in [2.75, 3.05) is 7.11 Å². The molecule has 94 valence electrons. The van der Waals surface area contributed by atoms with E-state index >= 15 is 0 Å². The van der Waals surface area contributed by atoms with Gasteiger partial charge in [0.15, 0.2) is 11.5 Å². The quantitative estimate of drug-likeness (QED) is 0.329. The van der Waals surface area contributed by atoms with Gasteiger partial charge in [-0.2, -0.15) is 0 Å². The minimum atomic E-state index is -5.13. The van der Waals surface area contributed by atoms with Gasteiger partial charge in [0.2, 0.25) is 0 Å². The maximum absolute atomic E-state index is 11.3. The molecule has 0 atom stereocenters. The van der Waals surface area contributed by atoms with E-state index in [0.717, 1.165) is 7.11 Å². The summed E-state index contributed by atoms with van der Waals surface area (Å²) in [5, 5.41) is 19.9. The first kappa shape index (κ1) is 21.3. The molecule has 8 nitrogen and oxygen atoms in total. The number of rotatable bonds is 4. The first-order valence-electron chi connectivity index (χ1n) is 4.02. The molecule has 0 unspecified atom stereocenters. The second-order valence-electron chi connectivity index (χ2n) is 2.80. The molecule has 0 heterocycles. The van der Waals surface area contributed by atoms with Crippen LogP contribution in [0.5, 0.6) is 17.2 Å². The molecule has 0 aliphatic heterocycles. The third-order valence-corrected chi connectivity index (χ3v) is 2.05. The van der Waals surface area contributed by atoms with Crippen LogP contribution in [0.15, 0.2) is 12.1 Å². The molecule has 0 saturated carbocycles. The van der Waals surface area contributed by atoms with Crippen molar-refractivity contribution in [3.63, 3.8) is 0 Å². The summed E-state index contributed by atoms with van der Waals surface area (Å²) in [7, 11) is -4.09. The average Bonchev–Trinajstić information content (AvgIpc) is 2.14. The van der Waals surface area contributed by atoms with Crippen molar-refractivity contribution in [1.29, 1.82) is 0 Å². The number of carboxylic acids is 1. The molecule has 0 aromatic heterocycles. The summed E-state index contributed by atoms with van der Waals surface area (Å²) < 4.78 is 39.6. The van der Waals surface area contributed by atoms with E-state index in [1.165, 1.54) is 0 Å². The monoisotopic (exact) mass is 308 g/mol. The minimum Gasteiger partial charge on any atom is -0.870 e. The summed E-state index contributed by atoms with van der Waals surface area (Å²) in [5.41, 5.74) is -0.519. The smallest absolute Gasteiger partial charge is 0.870 e. The summed E-state index contributed by atoms with van der Waals surface area (Å²) >= 11 is 0. The third kappa shape index (κ3) is 6.32. The fourth-order valence-corrected chi connectivity index (χ4v) is 1.42. The molecular weight excluding hydrogens is 302 g/mol. The van der Waals surface area contributed by atoms with Crippen LogP contribution in [0.3, 0.4) is 0 Å². The molecule has 0 saturated heterocycles. The molecule has 11 heteroatoms. The molecule has 0 aliphatic rings. The van der Waals surface area contributed by atoms with Gasteiger partial charge in [0.25, 0.3) is 10.4 Å². The number of carboxylic acid groups (broad SMARTS) is 1. The zero-order valence-electron chi connectivity index (χ0n) is 10.4. The average molecular weight is 308 g/mol. The van der Waals surface area contributed by atoms with Gasteiger partial charge in [0.1, 0.15) is 0 Å². The first-order chi connectivity index (χ1) is 7.74. The van der Waals surface area contributed by atoms with Gasteiger partial charge in [-0.1, -0.05) is 11.8 Å². The van der Waals surface area contributed by atoms with Gasteiger partial charge in [-0.15, -0.1) is 0 Å². The number of benzene rings is 1. The normalized spacial score (nSPS) is 9.79. The van der Waals surface area contributed by atoms with Crippen molar-refractivity contribution in [3.8, 4) is 17.2 Å². The molecular formula is C8H6Na2O8S. The van der Waals surface area contributed by atoms with Crippen LogP contribution in [0.2, 0.25) is 0 Å². The Labute approximate surface area is 153 Å². The van der Waals surface area contributed by atoms with Gasteiger partial charge in [0.05, 0.1) is 12.7 Å². The molecule has 0 radical (unpaired) electrons. The van der Waals surface area contributed by atoms with E-state index in [2.05, 4.69) is 8.92 Å². The molecule has 0 spiro atoms. The molecule has 0 bridgehead atoms. The third-order valence-electron chi connectivity index (χ3n) is 1.66. The maximum Gasteiger partial charge on any atom is 1.00 e. The summed E-state index contributed by atoms with van der Waals surface area (Å²) in [6, 6.07) is 1.42. The minimum absolute atomic E-state index is 0. The van der Waals surface area contributed by atoms with Crippen LogP contribution in [0, 0.1) is 0 Å². The summed E-state index contributed by atoms with van der Waals surface area (Å²) in [5.74, 6) is -3.70. The van der Waals surface area contributed by atoms with Crippen molar-refractivity contribution in [2.45, 2.75) is 0 Å². The van der Waals surface area contributed by atoms with Crippen molar-refractivity contribution >= 4 is 16.4 Å². The zero-order chi connectivity index (χ0) is 13.2. The van der Waals surface area contributed by atoms with Crippen molar-refractivity contribution < 1.29 is 96.0 Å². The number of carbonyl (C=O) groups is 1. The Hall–Kier alpha value is 0. The second-order valence-corrected chi connectivity index (χ2v) is 3.79. The van der Waals surface area contributed by atoms with Gasteiger partial charge >= 0.3 is 65.1 Å². The fourth-order valence-electron chi connectivity index (χ4n) is 1.07. The topological polar surface area (TPSA) is 136 Å². The molecule has 1 aromatic carbocycles. The molecule has 0 fully saturated rings. The first-order valence-corrected chi connectivity index (χ1v) is 5.35. The van der Waals surface area contributed by atoms with Gasteiger partial charge in [-0.3, -0.25) is 0 Å². The van der Waals surface area contributed by atoms with Gasteiger partial charge in [-0.05, 0) is 0 Å². The van der Waals surface area contributed by atoms with E-state index in [-0.39, 0.29) is 59.1 Å². The van der Waals surface area contributed by atoms with E-state index in [0.29, 0.717) is 12.1 Å². The molecule has 1 rings (SSSR count). The van der Waals surface area contributed by atoms with Crippen LogP contribution >= 0.6 is 0 Å². The van der Waals surface area contributed by atoms with E-state index in [1.807, 2.05) is 0 Å². The molecule has 19 heavy (non-hydrogen) atoms. The molecule has 1 aromatic rings. The largest absolute Gasteiger partial charge is 1.00 e. The predicted molar refractivity (Wildman–Crippen MR) is 49.7 cm³/mol. The Morgan fingerprint density at radius 1 is 1.32 bits per heavy atom. The van der Waals surface area contributed by atoms with Gasteiger partial charge < -0.3 is 23.7 Å². The van der Waals surface area contributed by atoms with Crippen molar-refractivity contribution in [3.05, 3.63) is 17.7 Å². The Morgan fingerprint density at radius 3 is 2.21 bits per heavy atom. The number of methoxy groups -OCH3 is 1. The van der Waals surface area contributed by atoms with Crippen molar-refractivity contribution in [2.24, 2.45) is 0 Å². The van der Waals surface area contributed by atoms with Crippen LogP contribution in [-0.4, -0.2) is 31.2 Å². The van der Waals surface area contributed by atoms with Crippen LogP contribution in [0.4, 0.5) is 0 Å². The number of hydrogen-bond donors (Lipinski definition) is 1. The van der Waals surface area contributed by atoms with Crippen molar-refractivity contribution in [1.82, 2.24) is 0 Å².